The van der Waals surface area contributed by atoms with Crippen LogP contribution in [0.5, 0.6) is 5.75 Å². The lowest BCUT2D eigenvalue weighted by Gasteiger charge is -2.13. The number of halogens is 1. The van der Waals surface area contributed by atoms with Crippen LogP contribution in [0.4, 0.5) is 5.69 Å². The standard InChI is InChI=1S/C9H13ClN2O/c1-5-3-4-7(12-6(2)11)8(10)9(5)13/h3-4,6,12-13H,11H2,1-2H3. The number of hydrogen-bond donors (Lipinski definition) is 3. The Kier molecular flexibility index (Phi) is 3.01. The number of phenols is 1. The Balaban J connectivity index is 3.04. The van der Waals surface area contributed by atoms with Gasteiger partial charge in [0.25, 0.3) is 0 Å². The first kappa shape index (κ1) is 10.2. The molecule has 1 atom stereocenters. The van der Waals surface area contributed by atoms with Gasteiger partial charge in [0, 0.05) is 0 Å². The van der Waals surface area contributed by atoms with Gasteiger partial charge in [-0.3, -0.25) is 0 Å². The molecule has 0 saturated heterocycles. The average Bonchev–Trinajstić information content (AvgIpc) is 2.06. The maximum atomic E-state index is 9.49. The summed E-state index contributed by atoms with van der Waals surface area (Å²) in [4.78, 5) is 0. The van der Waals surface area contributed by atoms with Crippen LogP contribution >= 0.6 is 11.6 Å². The predicted molar refractivity (Wildman–Crippen MR) is 55.1 cm³/mol. The van der Waals surface area contributed by atoms with E-state index < -0.39 is 0 Å². The number of anilines is 1. The SMILES string of the molecule is Cc1ccc(NC(C)N)c(Cl)c1O. The maximum absolute atomic E-state index is 9.49. The molecule has 0 radical (unpaired) electrons. The highest BCUT2D eigenvalue weighted by atomic mass is 35.5. The lowest BCUT2D eigenvalue weighted by molar-refractivity contribution is 0.471. The van der Waals surface area contributed by atoms with Gasteiger partial charge in [-0.25, -0.2) is 0 Å². The molecule has 1 aromatic rings. The van der Waals surface area contributed by atoms with Crippen molar-refractivity contribution in [3.63, 3.8) is 0 Å². The summed E-state index contributed by atoms with van der Waals surface area (Å²) in [5, 5.41) is 12.7. The second kappa shape index (κ2) is 3.85. The van der Waals surface area contributed by atoms with Crippen LogP contribution in [0.3, 0.4) is 0 Å². The van der Waals surface area contributed by atoms with E-state index in [0.29, 0.717) is 10.7 Å². The van der Waals surface area contributed by atoms with Gasteiger partial charge in [-0.2, -0.15) is 0 Å². The van der Waals surface area contributed by atoms with E-state index in [1.54, 1.807) is 26.0 Å². The number of nitrogens with two attached hydrogens (primary N) is 1. The summed E-state index contributed by atoms with van der Waals surface area (Å²) in [6.07, 6.45) is -0.195. The van der Waals surface area contributed by atoms with Crippen LogP contribution in [-0.2, 0) is 0 Å². The van der Waals surface area contributed by atoms with Gasteiger partial charge in [0.1, 0.15) is 10.8 Å². The van der Waals surface area contributed by atoms with Gasteiger partial charge in [0.15, 0.2) is 0 Å². The van der Waals surface area contributed by atoms with Crippen molar-refractivity contribution in [3.8, 4) is 5.75 Å². The average molecular weight is 201 g/mol. The first-order valence-corrected chi connectivity index (χ1v) is 4.40. The third-order valence-corrected chi connectivity index (χ3v) is 2.08. The molecule has 13 heavy (non-hydrogen) atoms. The summed E-state index contributed by atoms with van der Waals surface area (Å²) in [5.41, 5.74) is 6.93. The summed E-state index contributed by atoms with van der Waals surface area (Å²) in [6.45, 7) is 3.59. The number of benzene rings is 1. The monoisotopic (exact) mass is 200 g/mol. The summed E-state index contributed by atoms with van der Waals surface area (Å²) in [5.74, 6) is 0.104. The van der Waals surface area contributed by atoms with Gasteiger partial charge < -0.3 is 16.2 Å². The van der Waals surface area contributed by atoms with E-state index in [1.807, 2.05) is 0 Å². The molecule has 0 aromatic heterocycles. The molecule has 0 aliphatic rings. The van der Waals surface area contributed by atoms with Gasteiger partial charge in [-0.1, -0.05) is 17.7 Å². The van der Waals surface area contributed by atoms with E-state index >= 15 is 0 Å². The highest BCUT2D eigenvalue weighted by Gasteiger charge is 2.08. The molecular formula is C9H13ClN2O. The summed E-state index contributed by atoms with van der Waals surface area (Å²) in [7, 11) is 0. The third-order valence-electron chi connectivity index (χ3n) is 1.70. The highest BCUT2D eigenvalue weighted by molar-refractivity contribution is 6.34. The summed E-state index contributed by atoms with van der Waals surface area (Å²) in [6, 6.07) is 3.58. The highest BCUT2D eigenvalue weighted by Crippen LogP contribution is 2.33. The molecule has 0 aliphatic carbocycles. The number of aryl methyl sites for hydroxylation is 1. The Labute approximate surface area is 82.5 Å². The van der Waals surface area contributed by atoms with Gasteiger partial charge in [0.05, 0.1) is 11.9 Å². The zero-order valence-corrected chi connectivity index (χ0v) is 8.39. The topological polar surface area (TPSA) is 58.3 Å². The molecule has 0 fully saturated rings. The van der Waals surface area contributed by atoms with Gasteiger partial charge in [0.2, 0.25) is 0 Å². The molecule has 0 bridgehead atoms. The Morgan fingerprint density at radius 1 is 1.54 bits per heavy atom. The minimum atomic E-state index is -0.195. The van der Waals surface area contributed by atoms with Crippen molar-refractivity contribution in [2.75, 3.05) is 5.32 Å². The molecule has 0 spiro atoms. The zero-order chi connectivity index (χ0) is 10.0. The molecular weight excluding hydrogens is 188 g/mol. The minimum absolute atomic E-state index is 0.104. The van der Waals surface area contributed by atoms with Crippen molar-refractivity contribution < 1.29 is 5.11 Å². The van der Waals surface area contributed by atoms with Crippen molar-refractivity contribution >= 4 is 17.3 Å². The van der Waals surface area contributed by atoms with E-state index in [0.717, 1.165) is 5.56 Å². The lowest BCUT2D eigenvalue weighted by Crippen LogP contribution is -2.25. The Bertz CT molecular complexity index is 313. The quantitative estimate of drug-likeness (QED) is 0.641. The second-order valence-corrected chi connectivity index (χ2v) is 3.40. The molecule has 4 N–H and O–H groups in total. The van der Waals surface area contributed by atoms with E-state index in [2.05, 4.69) is 5.32 Å². The minimum Gasteiger partial charge on any atom is -0.506 e. The second-order valence-electron chi connectivity index (χ2n) is 3.03. The first-order chi connectivity index (χ1) is 6.02. The fourth-order valence-corrected chi connectivity index (χ4v) is 1.28. The molecule has 3 nitrogen and oxygen atoms in total. The fraction of sp³-hybridized carbons (Fsp3) is 0.333. The number of rotatable bonds is 2. The van der Waals surface area contributed by atoms with E-state index in [4.69, 9.17) is 17.3 Å². The summed E-state index contributed by atoms with van der Waals surface area (Å²) >= 11 is 5.87. The van der Waals surface area contributed by atoms with E-state index in [-0.39, 0.29) is 11.9 Å². The fourth-order valence-electron chi connectivity index (χ4n) is 1.02. The van der Waals surface area contributed by atoms with Crippen LogP contribution in [0.15, 0.2) is 12.1 Å². The third kappa shape index (κ3) is 2.26. The number of nitrogens with one attached hydrogen (secondary N) is 1. The number of phenolic OH excluding ortho intramolecular Hbond substituents is 1. The Hall–Kier alpha value is -0.930. The van der Waals surface area contributed by atoms with Crippen molar-refractivity contribution in [2.24, 2.45) is 5.73 Å². The largest absolute Gasteiger partial charge is 0.506 e. The molecule has 0 aliphatic heterocycles. The smallest absolute Gasteiger partial charge is 0.139 e. The first-order valence-electron chi connectivity index (χ1n) is 4.02. The van der Waals surface area contributed by atoms with Crippen LogP contribution in [0.1, 0.15) is 12.5 Å². The number of hydrogen-bond acceptors (Lipinski definition) is 3. The van der Waals surface area contributed by atoms with Gasteiger partial charge >= 0.3 is 0 Å². The van der Waals surface area contributed by atoms with Crippen molar-refractivity contribution in [1.82, 2.24) is 0 Å². The zero-order valence-electron chi connectivity index (χ0n) is 7.63. The van der Waals surface area contributed by atoms with Crippen LogP contribution in [0, 0.1) is 6.92 Å². The van der Waals surface area contributed by atoms with Crippen molar-refractivity contribution in [3.05, 3.63) is 22.7 Å². The number of aromatic hydroxyl groups is 1. The molecule has 4 heteroatoms. The molecule has 0 amide bonds. The maximum Gasteiger partial charge on any atom is 0.139 e. The molecule has 1 rings (SSSR count). The van der Waals surface area contributed by atoms with Crippen LogP contribution in [0.2, 0.25) is 5.02 Å². The van der Waals surface area contributed by atoms with E-state index in [1.165, 1.54) is 0 Å². The molecule has 72 valence electrons. The molecule has 1 unspecified atom stereocenters. The van der Waals surface area contributed by atoms with Gasteiger partial charge in [-0.05, 0) is 25.5 Å². The van der Waals surface area contributed by atoms with Gasteiger partial charge in [-0.15, -0.1) is 0 Å². The normalized spacial score (nSPS) is 12.6. The van der Waals surface area contributed by atoms with Crippen LogP contribution < -0.4 is 11.1 Å². The van der Waals surface area contributed by atoms with Crippen LogP contribution in [0.25, 0.3) is 0 Å². The lowest BCUT2D eigenvalue weighted by atomic mass is 10.2. The molecule has 1 aromatic carbocycles. The van der Waals surface area contributed by atoms with Crippen molar-refractivity contribution in [2.45, 2.75) is 20.0 Å². The summed E-state index contributed by atoms with van der Waals surface area (Å²) < 4.78 is 0. The Morgan fingerprint density at radius 2 is 2.15 bits per heavy atom. The van der Waals surface area contributed by atoms with E-state index in [9.17, 15) is 5.11 Å². The molecule has 0 saturated carbocycles. The molecule has 0 heterocycles. The van der Waals surface area contributed by atoms with Crippen molar-refractivity contribution in [1.29, 1.82) is 0 Å². The predicted octanol–water partition coefficient (Wildman–Crippen LogP) is 2.07. The van der Waals surface area contributed by atoms with Crippen LogP contribution in [-0.4, -0.2) is 11.3 Å². The Morgan fingerprint density at radius 3 is 2.69 bits per heavy atom.